The first kappa shape index (κ1) is 16.5. The average molecular weight is 296 g/mol. The van der Waals surface area contributed by atoms with Gasteiger partial charge in [-0.15, -0.1) is 0 Å². The van der Waals surface area contributed by atoms with Crippen LogP contribution in [0.1, 0.15) is 29.8 Å². The van der Waals surface area contributed by atoms with Gasteiger partial charge in [-0.05, 0) is 32.0 Å². The molecule has 0 saturated heterocycles. The molecule has 1 aromatic rings. The molecule has 1 amide bonds. The van der Waals surface area contributed by atoms with Crippen LogP contribution >= 0.6 is 11.6 Å². The third kappa shape index (κ3) is 5.22. The molecule has 1 atom stereocenters. The van der Waals surface area contributed by atoms with Gasteiger partial charge in [0.05, 0.1) is 11.6 Å². The molecule has 0 fully saturated rings. The molecule has 20 heavy (non-hydrogen) atoms. The first-order valence-electron chi connectivity index (χ1n) is 6.36. The van der Waals surface area contributed by atoms with E-state index in [2.05, 4.69) is 17.2 Å². The van der Waals surface area contributed by atoms with Crippen LogP contribution in [0.15, 0.2) is 18.2 Å². The molecule has 5 heteroatoms. The van der Waals surface area contributed by atoms with Gasteiger partial charge >= 0.3 is 0 Å². The van der Waals surface area contributed by atoms with Gasteiger partial charge in [0, 0.05) is 23.8 Å². The minimum atomic E-state index is -0.229. The van der Waals surface area contributed by atoms with Gasteiger partial charge < -0.3 is 15.2 Å². The molecule has 108 valence electrons. The molecule has 0 spiro atoms. The molecular formula is C15H18ClNO3. The summed E-state index contributed by atoms with van der Waals surface area (Å²) in [5, 5.41) is 11.8. The number of carbonyl (C=O) groups excluding carboxylic acids is 1. The van der Waals surface area contributed by atoms with Crippen molar-refractivity contribution in [2.45, 2.75) is 19.9 Å². The summed E-state index contributed by atoms with van der Waals surface area (Å²) in [6.07, 6.45) is 0. The molecule has 0 aliphatic rings. The van der Waals surface area contributed by atoms with E-state index in [9.17, 15) is 4.79 Å². The van der Waals surface area contributed by atoms with Crippen LogP contribution in [0.4, 0.5) is 0 Å². The fraction of sp³-hybridized carbons (Fsp3) is 0.400. The van der Waals surface area contributed by atoms with Crippen molar-refractivity contribution in [3.05, 3.63) is 34.3 Å². The van der Waals surface area contributed by atoms with Crippen molar-refractivity contribution < 1.29 is 14.6 Å². The molecule has 4 nitrogen and oxygen atoms in total. The molecule has 1 aromatic carbocycles. The lowest BCUT2D eigenvalue weighted by Crippen LogP contribution is -2.35. The van der Waals surface area contributed by atoms with Crippen molar-refractivity contribution in [1.29, 1.82) is 0 Å². The molecule has 0 heterocycles. The lowest BCUT2D eigenvalue weighted by atomic mass is 10.1. The SMILES string of the molecule is CCOCC(C)NC(=O)c1ccc(C#CCO)c(Cl)c1. The number of aliphatic hydroxyl groups excluding tert-OH is 1. The standard InChI is InChI=1S/C15H18ClNO3/c1-3-20-10-11(2)17-15(19)13-7-6-12(5-4-8-18)14(16)9-13/h6-7,9,11,18H,3,8,10H2,1-2H3,(H,17,19). The van der Waals surface area contributed by atoms with Gasteiger partial charge in [-0.1, -0.05) is 23.4 Å². The van der Waals surface area contributed by atoms with Gasteiger partial charge in [0.2, 0.25) is 0 Å². The maximum Gasteiger partial charge on any atom is 0.251 e. The van der Waals surface area contributed by atoms with Crippen LogP contribution in [0.25, 0.3) is 0 Å². The number of nitrogens with one attached hydrogen (secondary N) is 1. The zero-order chi connectivity index (χ0) is 15.0. The Morgan fingerprint density at radius 3 is 2.90 bits per heavy atom. The molecule has 1 unspecified atom stereocenters. The molecule has 0 saturated carbocycles. The zero-order valence-electron chi connectivity index (χ0n) is 11.6. The molecule has 0 bridgehead atoms. The summed E-state index contributed by atoms with van der Waals surface area (Å²) >= 11 is 6.04. The van der Waals surface area contributed by atoms with Crippen LogP contribution in [0.2, 0.25) is 5.02 Å². The van der Waals surface area contributed by atoms with Gasteiger partial charge in [0.15, 0.2) is 0 Å². The van der Waals surface area contributed by atoms with Crippen LogP contribution in [-0.4, -0.2) is 36.9 Å². The van der Waals surface area contributed by atoms with E-state index in [0.29, 0.717) is 29.4 Å². The van der Waals surface area contributed by atoms with Gasteiger partial charge in [0.25, 0.3) is 5.91 Å². The zero-order valence-corrected chi connectivity index (χ0v) is 12.3. The first-order valence-corrected chi connectivity index (χ1v) is 6.74. The maximum atomic E-state index is 12.0. The number of amides is 1. The minimum Gasteiger partial charge on any atom is -0.384 e. The van der Waals surface area contributed by atoms with Crippen LogP contribution in [0.5, 0.6) is 0 Å². The van der Waals surface area contributed by atoms with Crippen molar-refractivity contribution >= 4 is 17.5 Å². The highest BCUT2D eigenvalue weighted by molar-refractivity contribution is 6.32. The van der Waals surface area contributed by atoms with Crippen molar-refractivity contribution in [3.8, 4) is 11.8 Å². The number of halogens is 1. The highest BCUT2D eigenvalue weighted by atomic mass is 35.5. The average Bonchev–Trinajstić information content (AvgIpc) is 2.43. The Balaban J connectivity index is 2.72. The third-order valence-corrected chi connectivity index (χ3v) is 2.80. The Hall–Kier alpha value is -1.54. The number of benzene rings is 1. The highest BCUT2D eigenvalue weighted by Crippen LogP contribution is 2.17. The van der Waals surface area contributed by atoms with Crippen LogP contribution in [0.3, 0.4) is 0 Å². The Morgan fingerprint density at radius 2 is 2.30 bits per heavy atom. The first-order chi connectivity index (χ1) is 9.58. The van der Waals surface area contributed by atoms with Gasteiger partial charge in [-0.3, -0.25) is 4.79 Å². The number of hydrogen-bond acceptors (Lipinski definition) is 3. The number of carbonyl (C=O) groups is 1. The summed E-state index contributed by atoms with van der Waals surface area (Å²) in [7, 11) is 0. The van der Waals surface area contributed by atoms with Crippen molar-refractivity contribution in [1.82, 2.24) is 5.32 Å². The number of hydrogen-bond donors (Lipinski definition) is 2. The Bertz CT molecular complexity index is 520. The van der Waals surface area contributed by atoms with E-state index in [1.165, 1.54) is 0 Å². The normalized spacial score (nSPS) is 11.4. The minimum absolute atomic E-state index is 0.0740. The van der Waals surface area contributed by atoms with Crippen LogP contribution in [0, 0.1) is 11.8 Å². The molecular weight excluding hydrogens is 278 g/mol. The van der Waals surface area contributed by atoms with E-state index in [-0.39, 0.29) is 18.6 Å². The maximum absolute atomic E-state index is 12.0. The van der Waals surface area contributed by atoms with Gasteiger partial charge in [-0.2, -0.15) is 0 Å². The lowest BCUT2D eigenvalue weighted by molar-refractivity contribution is 0.0872. The van der Waals surface area contributed by atoms with Gasteiger partial charge in [-0.25, -0.2) is 0 Å². The fourth-order valence-corrected chi connectivity index (χ4v) is 1.76. The largest absolute Gasteiger partial charge is 0.384 e. The molecule has 0 radical (unpaired) electrons. The molecule has 0 aliphatic carbocycles. The summed E-state index contributed by atoms with van der Waals surface area (Å²) in [5.74, 6) is 5.02. The Morgan fingerprint density at radius 1 is 1.55 bits per heavy atom. The molecule has 0 aromatic heterocycles. The highest BCUT2D eigenvalue weighted by Gasteiger charge is 2.11. The molecule has 2 N–H and O–H groups in total. The number of rotatable bonds is 5. The van der Waals surface area contributed by atoms with Crippen LogP contribution in [-0.2, 0) is 4.74 Å². The van der Waals surface area contributed by atoms with Crippen molar-refractivity contribution in [2.75, 3.05) is 19.8 Å². The number of ether oxygens (including phenoxy) is 1. The monoisotopic (exact) mass is 295 g/mol. The summed E-state index contributed by atoms with van der Waals surface area (Å²) in [4.78, 5) is 12.0. The van der Waals surface area contributed by atoms with Crippen molar-refractivity contribution in [3.63, 3.8) is 0 Å². The quantitative estimate of drug-likeness (QED) is 0.815. The van der Waals surface area contributed by atoms with E-state index in [1.807, 2.05) is 13.8 Å². The smallest absolute Gasteiger partial charge is 0.251 e. The predicted molar refractivity (Wildman–Crippen MR) is 78.8 cm³/mol. The van der Waals surface area contributed by atoms with E-state index in [4.69, 9.17) is 21.4 Å². The van der Waals surface area contributed by atoms with E-state index >= 15 is 0 Å². The van der Waals surface area contributed by atoms with Crippen LogP contribution < -0.4 is 5.32 Å². The third-order valence-electron chi connectivity index (χ3n) is 2.48. The lowest BCUT2D eigenvalue weighted by Gasteiger charge is -2.13. The van der Waals surface area contributed by atoms with Crippen molar-refractivity contribution in [2.24, 2.45) is 0 Å². The summed E-state index contributed by atoms with van der Waals surface area (Å²) in [5.41, 5.74) is 1.05. The fourth-order valence-electron chi connectivity index (χ4n) is 1.54. The number of aliphatic hydroxyl groups is 1. The second kappa shape index (κ2) is 8.60. The summed E-state index contributed by atoms with van der Waals surface area (Å²) in [6, 6.07) is 4.80. The Labute approximate surface area is 124 Å². The second-order valence-corrected chi connectivity index (χ2v) is 4.60. The van der Waals surface area contributed by atoms with E-state index in [1.54, 1.807) is 18.2 Å². The molecule has 1 rings (SSSR count). The predicted octanol–water partition coefficient (Wildman–Crippen LogP) is 1.84. The molecule has 0 aliphatic heterocycles. The Kier molecular flexibility index (Phi) is 7.10. The van der Waals surface area contributed by atoms with E-state index < -0.39 is 0 Å². The van der Waals surface area contributed by atoms with E-state index in [0.717, 1.165) is 0 Å². The summed E-state index contributed by atoms with van der Waals surface area (Å²) < 4.78 is 5.24. The van der Waals surface area contributed by atoms with Gasteiger partial charge in [0.1, 0.15) is 6.61 Å². The second-order valence-electron chi connectivity index (χ2n) is 4.19. The summed E-state index contributed by atoms with van der Waals surface area (Å²) in [6.45, 7) is 4.63. The topological polar surface area (TPSA) is 58.6 Å².